The summed E-state index contributed by atoms with van der Waals surface area (Å²) in [7, 11) is -3.73. The summed E-state index contributed by atoms with van der Waals surface area (Å²) in [5.74, 6) is -1.67. The van der Waals surface area contributed by atoms with Gasteiger partial charge >= 0.3 is 6.18 Å². The molecule has 0 amide bonds. The molecule has 0 radical (unpaired) electrons. The highest BCUT2D eigenvalue weighted by Gasteiger charge is 2.38. The van der Waals surface area contributed by atoms with E-state index in [1.54, 1.807) is 20.8 Å². The van der Waals surface area contributed by atoms with Crippen molar-refractivity contribution in [2.24, 2.45) is 5.92 Å². The van der Waals surface area contributed by atoms with Crippen molar-refractivity contribution in [3.8, 4) is 0 Å². The number of hydrogen-bond donors (Lipinski definition) is 2. The molecule has 1 aromatic carbocycles. The molecule has 0 saturated carbocycles. The Morgan fingerprint density at radius 3 is 2.50 bits per heavy atom. The minimum atomic E-state index is -4.76. The van der Waals surface area contributed by atoms with Gasteiger partial charge in [-0.25, -0.2) is 26.9 Å². The normalized spacial score (nSPS) is 17.5. The number of sulfonamides is 1. The van der Waals surface area contributed by atoms with Crippen molar-refractivity contribution >= 4 is 27.5 Å². The first-order valence-corrected chi connectivity index (χ1v) is 12.1. The highest BCUT2D eigenvalue weighted by Crippen LogP contribution is 2.38. The maximum absolute atomic E-state index is 13.6. The fourth-order valence-corrected chi connectivity index (χ4v) is 5.06. The van der Waals surface area contributed by atoms with Gasteiger partial charge in [0, 0.05) is 36.9 Å². The minimum Gasteiger partial charge on any atom is -0.355 e. The van der Waals surface area contributed by atoms with Crippen LogP contribution in [-0.2, 0) is 16.2 Å². The molecule has 0 aliphatic carbocycles. The molecule has 2 heterocycles. The van der Waals surface area contributed by atoms with Crippen molar-refractivity contribution in [1.29, 1.82) is 0 Å². The number of anilines is 3. The molecule has 7 nitrogen and oxygen atoms in total. The maximum Gasteiger partial charge on any atom is 0.421 e. The van der Waals surface area contributed by atoms with Crippen LogP contribution in [0.1, 0.15) is 37.8 Å². The zero-order chi connectivity index (χ0) is 25.3. The Bertz CT molecular complexity index is 1130. The van der Waals surface area contributed by atoms with E-state index < -0.39 is 39.9 Å². The highest BCUT2D eigenvalue weighted by molar-refractivity contribution is 7.89. The Morgan fingerprint density at radius 1 is 1.21 bits per heavy atom. The topological polar surface area (TPSA) is 87.2 Å². The minimum absolute atomic E-state index is 0.0321. The first-order chi connectivity index (χ1) is 15.8. The van der Waals surface area contributed by atoms with Crippen LogP contribution in [0.25, 0.3) is 0 Å². The van der Waals surface area contributed by atoms with Gasteiger partial charge < -0.3 is 10.2 Å². The molecular weight excluding hydrogens is 481 g/mol. The highest BCUT2D eigenvalue weighted by atomic mass is 32.2. The Hall–Kier alpha value is -2.54. The standard InChI is InChI=1S/C21H26F5N5O2S/c1-12(2)30-34(32,33)15-6-7-17(13(3)9-15)28-20-27-10-16(21(24,25)26)19(29-20)31-8-4-5-14(11-31)18(22)23/h6-7,9-10,12,14,18,30H,4-5,8,11H2,1-3H3,(H,27,28,29)/t14-/m1/s1. The van der Waals surface area contributed by atoms with Crippen molar-refractivity contribution in [2.45, 2.75) is 57.2 Å². The largest absolute Gasteiger partial charge is 0.421 e. The average molecular weight is 508 g/mol. The molecule has 1 atom stereocenters. The molecule has 2 N–H and O–H groups in total. The summed E-state index contributed by atoms with van der Waals surface area (Å²) in [6.45, 7) is 4.92. The van der Waals surface area contributed by atoms with Crippen molar-refractivity contribution < 1.29 is 30.4 Å². The first-order valence-electron chi connectivity index (χ1n) is 10.6. The van der Waals surface area contributed by atoms with Crippen molar-refractivity contribution in [3.63, 3.8) is 0 Å². The van der Waals surface area contributed by atoms with Crippen molar-refractivity contribution in [2.75, 3.05) is 23.3 Å². The molecule has 1 aliphatic heterocycles. The summed E-state index contributed by atoms with van der Waals surface area (Å²) in [5.41, 5.74) is -0.225. The molecule has 1 aliphatic rings. The van der Waals surface area contributed by atoms with Crippen LogP contribution in [0, 0.1) is 12.8 Å². The predicted octanol–water partition coefficient (Wildman–Crippen LogP) is 4.72. The van der Waals surface area contributed by atoms with Gasteiger partial charge in [0.2, 0.25) is 22.4 Å². The molecule has 188 valence electrons. The summed E-state index contributed by atoms with van der Waals surface area (Å²) in [4.78, 5) is 9.02. The van der Waals surface area contributed by atoms with E-state index in [-0.39, 0.29) is 36.4 Å². The molecular formula is C21H26F5N5O2S. The molecule has 1 fully saturated rings. The number of aromatic nitrogens is 2. The van der Waals surface area contributed by atoms with Gasteiger partial charge in [-0.2, -0.15) is 18.2 Å². The van der Waals surface area contributed by atoms with Gasteiger partial charge in [0.05, 0.1) is 4.90 Å². The van der Waals surface area contributed by atoms with Crippen molar-refractivity contribution in [1.82, 2.24) is 14.7 Å². The SMILES string of the molecule is Cc1cc(S(=O)(=O)NC(C)C)ccc1Nc1ncc(C(F)(F)F)c(N2CCC[C@@H](C(F)F)C2)n1. The third-order valence-electron chi connectivity index (χ3n) is 5.33. The van der Waals surface area contributed by atoms with E-state index in [4.69, 9.17) is 0 Å². The second-order valence-electron chi connectivity index (χ2n) is 8.49. The summed E-state index contributed by atoms with van der Waals surface area (Å²) >= 11 is 0. The summed E-state index contributed by atoms with van der Waals surface area (Å²) in [6, 6.07) is 3.92. The molecule has 1 saturated heterocycles. The van der Waals surface area contributed by atoms with Crippen LogP contribution in [0.15, 0.2) is 29.3 Å². The van der Waals surface area contributed by atoms with Crippen LogP contribution in [0.2, 0.25) is 0 Å². The average Bonchev–Trinajstić information content (AvgIpc) is 2.73. The van der Waals surface area contributed by atoms with Crippen LogP contribution in [0.5, 0.6) is 0 Å². The zero-order valence-corrected chi connectivity index (χ0v) is 19.6. The lowest BCUT2D eigenvalue weighted by Crippen LogP contribution is -2.39. The molecule has 13 heteroatoms. The van der Waals surface area contributed by atoms with Gasteiger partial charge in [0.1, 0.15) is 11.4 Å². The van der Waals surface area contributed by atoms with E-state index in [9.17, 15) is 30.4 Å². The van der Waals surface area contributed by atoms with Crippen LogP contribution in [0.3, 0.4) is 0 Å². The molecule has 0 unspecified atom stereocenters. The fraction of sp³-hybridized carbons (Fsp3) is 0.524. The molecule has 1 aromatic heterocycles. The lowest BCUT2D eigenvalue weighted by atomic mass is 9.98. The third-order valence-corrected chi connectivity index (χ3v) is 6.99. The quantitative estimate of drug-likeness (QED) is 0.528. The zero-order valence-electron chi connectivity index (χ0n) is 18.8. The Balaban J connectivity index is 1.92. The smallest absolute Gasteiger partial charge is 0.355 e. The number of nitrogens with one attached hydrogen (secondary N) is 2. The number of alkyl halides is 5. The number of rotatable bonds is 7. The predicted molar refractivity (Wildman–Crippen MR) is 118 cm³/mol. The van der Waals surface area contributed by atoms with Gasteiger partial charge in [-0.05, 0) is 57.4 Å². The summed E-state index contributed by atoms with van der Waals surface area (Å²) in [6.07, 6.45) is -6.23. The van der Waals surface area contributed by atoms with Gasteiger partial charge in [-0.15, -0.1) is 0 Å². The molecule has 34 heavy (non-hydrogen) atoms. The van der Waals surface area contributed by atoms with E-state index in [0.29, 0.717) is 23.9 Å². The molecule has 0 spiro atoms. The number of piperidine rings is 1. The number of nitrogens with zero attached hydrogens (tertiary/aromatic N) is 3. The van der Waals surface area contributed by atoms with E-state index in [1.807, 2.05) is 0 Å². The van der Waals surface area contributed by atoms with Gasteiger partial charge in [0.25, 0.3) is 0 Å². The van der Waals surface area contributed by atoms with E-state index >= 15 is 0 Å². The van der Waals surface area contributed by atoms with E-state index in [1.165, 1.54) is 23.1 Å². The van der Waals surface area contributed by atoms with E-state index in [0.717, 1.165) is 0 Å². The third kappa shape index (κ3) is 6.12. The Labute approximate surface area is 194 Å². The molecule has 2 aromatic rings. The van der Waals surface area contributed by atoms with Crippen LogP contribution >= 0.6 is 0 Å². The lowest BCUT2D eigenvalue weighted by molar-refractivity contribution is -0.137. The van der Waals surface area contributed by atoms with Gasteiger partial charge in [-0.3, -0.25) is 0 Å². The van der Waals surface area contributed by atoms with Crippen LogP contribution < -0.4 is 14.9 Å². The molecule has 0 bridgehead atoms. The number of hydrogen-bond acceptors (Lipinski definition) is 6. The number of halogens is 5. The Morgan fingerprint density at radius 2 is 1.91 bits per heavy atom. The molecule has 3 rings (SSSR count). The second-order valence-corrected chi connectivity index (χ2v) is 10.2. The Kier molecular flexibility index (Phi) is 7.65. The van der Waals surface area contributed by atoms with E-state index in [2.05, 4.69) is 20.0 Å². The summed E-state index contributed by atoms with van der Waals surface area (Å²) in [5, 5.41) is 2.80. The van der Waals surface area contributed by atoms with Gasteiger partial charge in [0.15, 0.2) is 0 Å². The number of benzene rings is 1. The fourth-order valence-electron chi connectivity index (χ4n) is 3.72. The number of aryl methyl sites for hydroxylation is 1. The van der Waals surface area contributed by atoms with Crippen LogP contribution in [-0.4, -0.2) is 43.9 Å². The lowest BCUT2D eigenvalue weighted by Gasteiger charge is -2.34. The maximum atomic E-state index is 13.6. The van der Waals surface area contributed by atoms with Gasteiger partial charge in [-0.1, -0.05) is 0 Å². The monoisotopic (exact) mass is 507 g/mol. The first kappa shape index (κ1) is 26.1. The van der Waals surface area contributed by atoms with Crippen LogP contribution in [0.4, 0.5) is 39.4 Å². The summed E-state index contributed by atoms with van der Waals surface area (Å²) < 4.78 is 94.4. The van der Waals surface area contributed by atoms with Crippen molar-refractivity contribution in [3.05, 3.63) is 35.5 Å². The second kappa shape index (κ2) is 9.98.